The first-order chi connectivity index (χ1) is 5.86. The molecule has 0 bridgehead atoms. The number of unbranched alkanes of at least 4 members (excludes halogenated alkanes) is 2. The van der Waals surface area contributed by atoms with Gasteiger partial charge in [-0.05, 0) is 6.42 Å². The number of hydrazine groups is 1. The maximum atomic E-state index is 5.19. The molecule has 0 spiro atoms. The molecule has 1 heterocycles. The highest BCUT2D eigenvalue weighted by atomic mass is 15.4. The second-order valence-corrected chi connectivity index (χ2v) is 2.82. The fourth-order valence-corrected chi connectivity index (χ4v) is 1.09. The first kappa shape index (κ1) is 9.06. The highest BCUT2D eigenvalue weighted by Crippen LogP contribution is 2.02. The number of nitrogens with zero attached hydrogens (tertiary/aromatic N) is 2. The number of nitrogen functional groups attached to an aromatic ring is 1. The topological polar surface area (TPSA) is 55.9 Å². The summed E-state index contributed by atoms with van der Waals surface area (Å²) in [6.07, 6.45) is 5.61. The molecule has 1 rings (SSSR count). The number of nitrogens with one attached hydrogen (secondary N) is 1. The molecule has 0 aliphatic carbocycles. The van der Waals surface area contributed by atoms with E-state index in [-0.39, 0.29) is 0 Å². The lowest BCUT2D eigenvalue weighted by molar-refractivity contribution is 0.554. The van der Waals surface area contributed by atoms with Gasteiger partial charge in [-0.2, -0.15) is 5.10 Å². The molecule has 4 heteroatoms. The Balaban J connectivity index is 2.31. The summed E-state index contributed by atoms with van der Waals surface area (Å²) in [4.78, 5) is 0. The van der Waals surface area contributed by atoms with Gasteiger partial charge in [0.1, 0.15) is 0 Å². The van der Waals surface area contributed by atoms with E-state index in [4.69, 9.17) is 5.84 Å². The van der Waals surface area contributed by atoms with Crippen LogP contribution in [-0.2, 0) is 6.54 Å². The zero-order valence-electron chi connectivity index (χ0n) is 7.45. The van der Waals surface area contributed by atoms with Gasteiger partial charge in [0.25, 0.3) is 0 Å². The molecule has 3 N–H and O–H groups in total. The Morgan fingerprint density at radius 2 is 2.42 bits per heavy atom. The van der Waals surface area contributed by atoms with Crippen molar-refractivity contribution in [2.24, 2.45) is 5.84 Å². The lowest BCUT2D eigenvalue weighted by Gasteiger charge is -1.99. The Morgan fingerprint density at radius 1 is 1.58 bits per heavy atom. The minimum atomic E-state index is 0.728. The summed E-state index contributed by atoms with van der Waals surface area (Å²) in [6, 6.07) is 1.87. The van der Waals surface area contributed by atoms with E-state index < -0.39 is 0 Å². The van der Waals surface area contributed by atoms with Crippen molar-refractivity contribution in [3.05, 3.63) is 12.3 Å². The summed E-state index contributed by atoms with van der Waals surface area (Å²) >= 11 is 0. The molecule has 0 aliphatic rings. The molecule has 0 fully saturated rings. The predicted molar refractivity (Wildman–Crippen MR) is 49.6 cm³/mol. The van der Waals surface area contributed by atoms with Crippen molar-refractivity contribution < 1.29 is 0 Å². The molecule has 12 heavy (non-hydrogen) atoms. The maximum Gasteiger partial charge on any atom is 0.161 e. The van der Waals surface area contributed by atoms with Crippen LogP contribution in [0.5, 0.6) is 0 Å². The number of anilines is 1. The highest BCUT2D eigenvalue weighted by molar-refractivity contribution is 5.29. The van der Waals surface area contributed by atoms with Crippen LogP contribution >= 0.6 is 0 Å². The van der Waals surface area contributed by atoms with Crippen LogP contribution in [0.1, 0.15) is 26.2 Å². The van der Waals surface area contributed by atoms with Crippen LogP contribution in [0.4, 0.5) is 5.82 Å². The summed E-state index contributed by atoms with van der Waals surface area (Å²) in [7, 11) is 0. The van der Waals surface area contributed by atoms with Gasteiger partial charge in [-0.1, -0.05) is 19.8 Å². The molecule has 0 atom stereocenters. The summed E-state index contributed by atoms with van der Waals surface area (Å²) < 4.78 is 1.91. The molecular weight excluding hydrogens is 152 g/mol. The second kappa shape index (κ2) is 4.77. The van der Waals surface area contributed by atoms with Crippen LogP contribution in [0.15, 0.2) is 12.3 Å². The lowest BCUT2D eigenvalue weighted by atomic mass is 10.2. The van der Waals surface area contributed by atoms with Gasteiger partial charge in [-0.25, -0.2) is 5.84 Å². The number of rotatable bonds is 5. The van der Waals surface area contributed by atoms with Crippen LogP contribution in [0, 0.1) is 0 Å². The predicted octanol–water partition coefficient (Wildman–Crippen LogP) is 1.36. The standard InChI is InChI=1S/C8H16N4/c1-2-3-4-6-12-7-5-8(10-9)11-12/h5,7H,2-4,6,9H2,1H3,(H,10,11). The van der Waals surface area contributed by atoms with Crippen LogP contribution in [0.2, 0.25) is 0 Å². The number of aryl methyl sites for hydroxylation is 1. The monoisotopic (exact) mass is 168 g/mol. The van der Waals surface area contributed by atoms with Gasteiger partial charge in [-0.15, -0.1) is 0 Å². The Labute approximate surface area is 72.7 Å². The highest BCUT2D eigenvalue weighted by Gasteiger charge is 1.94. The van der Waals surface area contributed by atoms with Gasteiger partial charge >= 0.3 is 0 Å². The molecule has 0 aromatic carbocycles. The van der Waals surface area contributed by atoms with Crippen molar-refractivity contribution >= 4 is 5.82 Å². The zero-order valence-corrected chi connectivity index (χ0v) is 7.45. The molecule has 68 valence electrons. The average Bonchev–Trinajstić information content (AvgIpc) is 2.53. The number of nitrogens with two attached hydrogens (primary N) is 1. The van der Waals surface area contributed by atoms with Crippen molar-refractivity contribution in [2.45, 2.75) is 32.7 Å². The molecule has 0 saturated carbocycles. The molecule has 1 aromatic rings. The Bertz CT molecular complexity index is 219. The van der Waals surface area contributed by atoms with E-state index >= 15 is 0 Å². The van der Waals surface area contributed by atoms with Crippen LogP contribution in [0.3, 0.4) is 0 Å². The number of hydrogen-bond acceptors (Lipinski definition) is 3. The third-order valence-corrected chi connectivity index (χ3v) is 1.78. The smallest absolute Gasteiger partial charge is 0.161 e. The Hall–Kier alpha value is -1.03. The Morgan fingerprint density at radius 3 is 3.00 bits per heavy atom. The molecule has 0 aliphatic heterocycles. The van der Waals surface area contributed by atoms with E-state index in [2.05, 4.69) is 17.4 Å². The molecule has 0 radical (unpaired) electrons. The summed E-state index contributed by atoms with van der Waals surface area (Å²) in [5.41, 5.74) is 2.51. The largest absolute Gasteiger partial charge is 0.307 e. The lowest BCUT2D eigenvalue weighted by Crippen LogP contribution is -2.08. The van der Waals surface area contributed by atoms with E-state index in [1.807, 2.05) is 16.9 Å². The van der Waals surface area contributed by atoms with Crippen molar-refractivity contribution in [2.75, 3.05) is 5.43 Å². The Kier molecular flexibility index (Phi) is 3.60. The van der Waals surface area contributed by atoms with Gasteiger partial charge < -0.3 is 5.43 Å². The normalized spacial score (nSPS) is 10.2. The fraction of sp³-hybridized carbons (Fsp3) is 0.625. The maximum absolute atomic E-state index is 5.19. The quantitative estimate of drug-likeness (QED) is 0.396. The zero-order chi connectivity index (χ0) is 8.81. The van der Waals surface area contributed by atoms with Gasteiger partial charge in [0, 0.05) is 18.8 Å². The van der Waals surface area contributed by atoms with Crippen molar-refractivity contribution in [1.29, 1.82) is 0 Å². The third-order valence-electron chi connectivity index (χ3n) is 1.78. The minimum Gasteiger partial charge on any atom is -0.307 e. The fourth-order valence-electron chi connectivity index (χ4n) is 1.09. The summed E-state index contributed by atoms with van der Waals surface area (Å²) in [5.74, 6) is 5.92. The SMILES string of the molecule is CCCCCn1ccc(NN)n1. The van der Waals surface area contributed by atoms with Crippen LogP contribution in [-0.4, -0.2) is 9.78 Å². The van der Waals surface area contributed by atoms with Crippen molar-refractivity contribution in [3.8, 4) is 0 Å². The second-order valence-electron chi connectivity index (χ2n) is 2.82. The van der Waals surface area contributed by atoms with Crippen molar-refractivity contribution in [1.82, 2.24) is 9.78 Å². The molecule has 4 nitrogen and oxygen atoms in total. The van der Waals surface area contributed by atoms with E-state index in [9.17, 15) is 0 Å². The van der Waals surface area contributed by atoms with Gasteiger partial charge in [0.05, 0.1) is 0 Å². The van der Waals surface area contributed by atoms with E-state index in [1.54, 1.807) is 0 Å². The van der Waals surface area contributed by atoms with Gasteiger partial charge in [0.2, 0.25) is 0 Å². The number of aromatic nitrogens is 2. The third kappa shape index (κ3) is 2.54. The van der Waals surface area contributed by atoms with E-state index in [0.29, 0.717) is 0 Å². The van der Waals surface area contributed by atoms with E-state index in [1.165, 1.54) is 19.3 Å². The van der Waals surface area contributed by atoms with Crippen LogP contribution < -0.4 is 11.3 Å². The molecule has 0 unspecified atom stereocenters. The summed E-state index contributed by atoms with van der Waals surface area (Å²) in [5, 5.41) is 4.18. The first-order valence-corrected chi connectivity index (χ1v) is 4.37. The van der Waals surface area contributed by atoms with Crippen molar-refractivity contribution in [3.63, 3.8) is 0 Å². The molecule has 1 aromatic heterocycles. The molecule has 0 saturated heterocycles. The minimum absolute atomic E-state index is 0.728. The van der Waals surface area contributed by atoms with Crippen LogP contribution in [0.25, 0.3) is 0 Å². The molecule has 0 amide bonds. The van der Waals surface area contributed by atoms with Gasteiger partial charge in [-0.3, -0.25) is 4.68 Å². The number of hydrogen-bond donors (Lipinski definition) is 2. The molecular formula is C8H16N4. The first-order valence-electron chi connectivity index (χ1n) is 4.37. The van der Waals surface area contributed by atoms with Gasteiger partial charge in [0.15, 0.2) is 5.82 Å². The summed E-state index contributed by atoms with van der Waals surface area (Å²) in [6.45, 7) is 3.17. The van der Waals surface area contributed by atoms with E-state index in [0.717, 1.165) is 12.4 Å². The average molecular weight is 168 g/mol.